The number of carbonyl (C=O) groups is 5. The standard InChI is InChI=1S/C45H71N3O8/c1-26(2)34-29(49)23-45(47-37(53)48-22-17-27(25-48)46-38(54)56-39(3,4)5)21-20-43(11)28(35(34)45)13-14-31-42(10)18-16-32(55-33(50)24-40(6,7)36(51)52)41(8,9)30(42)15-19-44(31,43)12/h26-27,30-32,34H,13-25H2,1-12H3,(H,46,54)(H,47,53)(H,51,52)/t27-,30?,31?,32+,34?,42+,43-,44-,45-/m1/s1. The summed E-state index contributed by atoms with van der Waals surface area (Å²) < 4.78 is 11.6. The minimum absolute atomic E-state index is 0.0181. The molecule has 3 amide bonds. The van der Waals surface area contributed by atoms with Gasteiger partial charge >= 0.3 is 24.1 Å². The fourth-order valence-corrected chi connectivity index (χ4v) is 13.3. The van der Waals surface area contributed by atoms with Gasteiger partial charge in [-0.2, -0.15) is 0 Å². The number of hydrogen-bond acceptors (Lipinski definition) is 7. The van der Waals surface area contributed by atoms with Gasteiger partial charge in [0.2, 0.25) is 0 Å². The lowest BCUT2D eigenvalue weighted by Crippen LogP contribution is -2.65. The third kappa shape index (κ3) is 6.96. The monoisotopic (exact) mass is 782 g/mol. The number of rotatable bonds is 7. The third-order valence-corrected chi connectivity index (χ3v) is 16.3. The summed E-state index contributed by atoms with van der Waals surface area (Å²) in [5, 5.41) is 16.0. The van der Waals surface area contributed by atoms with Crippen molar-refractivity contribution in [1.82, 2.24) is 15.5 Å². The van der Waals surface area contributed by atoms with Crippen molar-refractivity contribution in [3.63, 3.8) is 0 Å². The maximum Gasteiger partial charge on any atom is 0.407 e. The van der Waals surface area contributed by atoms with Crippen LogP contribution in [0.25, 0.3) is 0 Å². The average Bonchev–Trinajstić information content (AvgIpc) is 3.63. The molecule has 1 aliphatic heterocycles. The zero-order chi connectivity index (χ0) is 41.6. The first kappa shape index (κ1) is 42.5. The van der Waals surface area contributed by atoms with E-state index in [9.17, 15) is 29.1 Å². The van der Waals surface area contributed by atoms with Gasteiger partial charge in [0.15, 0.2) is 0 Å². The number of nitrogens with zero attached hydrogens (tertiary/aromatic N) is 1. The van der Waals surface area contributed by atoms with E-state index in [1.165, 1.54) is 11.1 Å². The van der Waals surface area contributed by atoms with Crippen LogP contribution in [-0.2, 0) is 23.9 Å². The van der Waals surface area contributed by atoms with E-state index in [0.29, 0.717) is 37.8 Å². The maximum absolute atomic E-state index is 14.2. The number of carboxylic acids is 1. The number of allylic oxidation sites excluding steroid dienone is 1. The number of aliphatic carboxylic acids is 1. The van der Waals surface area contributed by atoms with Crippen LogP contribution in [0.15, 0.2) is 11.1 Å². The van der Waals surface area contributed by atoms with Crippen LogP contribution in [0.1, 0.15) is 154 Å². The summed E-state index contributed by atoms with van der Waals surface area (Å²) in [6, 6.07) is -0.367. The summed E-state index contributed by atoms with van der Waals surface area (Å²) in [6.45, 7) is 25.8. The Labute approximate surface area is 335 Å². The maximum atomic E-state index is 14.2. The Hall–Kier alpha value is -3.11. The number of carbonyl (C=O) groups excluding carboxylic acids is 4. The molecule has 6 rings (SSSR count). The number of ketones is 1. The van der Waals surface area contributed by atoms with Gasteiger partial charge in [-0.1, -0.05) is 54.0 Å². The molecule has 11 heteroatoms. The van der Waals surface area contributed by atoms with Gasteiger partial charge in [-0.3, -0.25) is 14.4 Å². The zero-order valence-corrected chi connectivity index (χ0v) is 36.4. The lowest BCUT2D eigenvalue weighted by Gasteiger charge is -2.70. The summed E-state index contributed by atoms with van der Waals surface area (Å²) in [5.74, 6) is -0.575. The summed E-state index contributed by atoms with van der Waals surface area (Å²) in [4.78, 5) is 67.4. The molecule has 0 radical (unpaired) electrons. The van der Waals surface area contributed by atoms with Crippen molar-refractivity contribution >= 4 is 29.8 Å². The number of hydrogen-bond donors (Lipinski definition) is 3. The smallest absolute Gasteiger partial charge is 0.407 e. The number of nitrogens with one attached hydrogen (secondary N) is 2. The number of fused-ring (bicyclic) bond motifs is 6. The van der Waals surface area contributed by atoms with Gasteiger partial charge in [0.05, 0.1) is 23.4 Å². The second kappa shape index (κ2) is 14.0. The minimum Gasteiger partial charge on any atom is -0.481 e. The summed E-state index contributed by atoms with van der Waals surface area (Å²) in [7, 11) is 0. The van der Waals surface area contributed by atoms with E-state index in [0.717, 1.165) is 51.4 Å². The van der Waals surface area contributed by atoms with E-state index >= 15 is 0 Å². The number of carboxylic acid groups (broad SMARTS) is 1. The minimum atomic E-state index is -1.18. The molecule has 4 saturated carbocycles. The SMILES string of the molecule is CC(C)C1C(=O)C[C@]2(NC(=O)N3CC[C@@H](NC(=O)OC(C)(C)C)C3)CC[C@]3(C)C(=C12)CCC1[C@@]2(C)CC[C@H](OC(=O)CC(C)(C)C(=O)O)C(C)(C)C2CC[C@]13C. The van der Waals surface area contributed by atoms with Crippen molar-refractivity contribution in [1.29, 1.82) is 0 Å². The van der Waals surface area contributed by atoms with Crippen LogP contribution >= 0.6 is 0 Å². The van der Waals surface area contributed by atoms with Gasteiger partial charge in [0.25, 0.3) is 0 Å². The van der Waals surface area contributed by atoms with Crippen molar-refractivity contribution in [2.45, 2.75) is 177 Å². The number of esters is 1. The van der Waals surface area contributed by atoms with E-state index in [1.54, 1.807) is 18.7 Å². The number of amides is 3. The molecule has 5 aliphatic carbocycles. The number of likely N-dealkylation sites (tertiary alicyclic amines) is 1. The molecule has 0 aromatic rings. The molecule has 0 aromatic carbocycles. The molecule has 56 heavy (non-hydrogen) atoms. The van der Waals surface area contributed by atoms with Crippen molar-refractivity contribution < 1.29 is 38.6 Å². The Morgan fingerprint density at radius 2 is 1.59 bits per heavy atom. The zero-order valence-electron chi connectivity index (χ0n) is 36.4. The quantitative estimate of drug-likeness (QED) is 0.172. The first-order valence-corrected chi connectivity index (χ1v) is 21.5. The normalized spacial score (nSPS) is 37.9. The van der Waals surface area contributed by atoms with Crippen LogP contribution in [0.4, 0.5) is 9.59 Å². The number of Topliss-reactive ketones (excluding diaryl/α,β-unsaturated/α-hetero) is 1. The van der Waals surface area contributed by atoms with E-state index < -0.39 is 34.6 Å². The third-order valence-electron chi connectivity index (χ3n) is 16.3. The van der Waals surface area contributed by atoms with E-state index in [2.05, 4.69) is 59.1 Å². The first-order chi connectivity index (χ1) is 25.7. The Kier molecular flexibility index (Phi) is 10.6. The molecular formula is C45H71N3O8. The summed E-state index contributed by atoms with van der Waals surface area (Å²) in [5.41, 5.74) is -0.331. The molecule has 0 aromatic heterocycles. The molecule has 6 aliphatic rings. The van der Waals surface area contributed by atoms with Gasteiger partial charge < -0.3 is 30.1 Å². The Balaban J connectivity index is 1.25. The summed E-state index contributed by atoms with van der Waals surface area (Å²) >= 11 is 0. The van der Waals surface area contributed by atoms with E-state index in [1.807, 2.05) is 20.8 Å². The van der Waals surface area contributed by atoms with Gasteiger partial charge in [-0.05, 0) is 132 Å². The predicted octanol–water partition coefficient (Wildman–Crippen LogP) is 8.44. The molecule has 9 atom stereocenters. The predicted molar refractivity (Wildman–Crippen MR) is 214 cm³/mol. The Morgan fingerprint density at radius 3 is 2.21 bits per heavy atom. The highest BCUT2D eigenvalue weighted by molar-refractivity contribution is 5.92. The molecule has 1 heterocycles. The molecule has 5 fully saturated rings. The molecule has 314 valence electrons. The second-order valence-corrected chi connectivity index (χ2v) is 22.0. The van der Waals surface area contributed by atoms with Crippen molar-refractivity contribution in [2.75, 3.05) is 13.1 Å². The fourth-order valence-electron chi connectivity index (χ4n) is 13.3. The molecule has 3 unspecified atom stereocenters. The lowest BCUT2D eigenvalue weighted by atomic mass is 9.34. The molecule has 1 saturated heterocycles. The molecule has 0 spiro atoms. The largest absolute Gasteiger partial charge is 0.481 e. The lowest BCUT2D eigenvalue weighted by molar-refractivity contribution is -0.214. The van der Waals surface area contributed by atoms with Crippen molar-refractivity contribution in [3.8, 4) is 0 Å². The summed E-state index contributed by atoms with van der Waals surface area (Å²) in [6.07, 6.45) is 7.31. The highest BCUT2D eigenvalue weighted by atomic mass is 16.6. The van der Waals surface area contributed by atoms with Gasteiger partial charge in [-0.15, -0.1) is 0 Å². The highest BCUT2D eigenvalue weighted by Gasteiger charge is 2.69. The van der Waals surface area contributed by atoms with Crippen LogP contribution in [0.5, 0.6) is 0 Å². The van der Waals surface area contributed by atoms with Crippen LogP contribution in [0.3, 0.4) is 0 Å². The average molecular weight is 782 g/mol. The van der Waals surface area contributed by atoms with Crippen molar-refractivity contribution in [2.24, 2.45) is 50.7 Å². The van der Waals surface area contributed by atoms with Crippen LogP contribution < -0.4 is 10.6 Å². The van der Waals surface area contributed by atoms with Gasteiger partial charge in [0, 0.05) is 30.8 Å². The topological polar surface area (TPSA) is 151 Å². The van der Waals surface area contributed by atoms with E-state index in [-0.39, 0.29) is 63.9 Å². The van der Waals surface area contributed by atoms with Crippen molar-refractivity contribution in [3.05, 3.63) is 11.1 Å². The van der Waals surface area contributed by atoms with Crippen LogP contribution in [-0.4, -0.2) is 76.2 Å². The second-order valence-electron chi connectivity index (χ2n) is 22.0. The molecule has 0 bridgehead atoms. The van der Waals surface area contributed by atoms with Crippen LogP contribution in [0.2, 0.25) is 0 Å². The first-order valence-electron chi connectivity index (χ1n) is 21.5. The van der Waals surface area contributed by atoms with Crippen LogP contribution in [0, 0.1) is 50.7 Å². The molecular weight excluding hydrogens is 711 g/mol. The van der Waals surface area contributed by atoms with Gasteiger partial charge in [0.1, 0.15) is 17.5 Å². The fraction of sp³-hybridized carbons (Fsp3) is 0.844. The molecule has 3 N–H and O–H groups in total. The van der Waals surface area contributed by atoms with Gasteiger partial charge in [-0.25, -0.2) is 9.59 Å². The number of urea groups is 1. The number of alkyl carbamates (subject to hydrolysis) is 1. The molecule has 11 nitrogen and oxygen atoms in total. The number of ether oxygens (including phenoxy) is 2. The van der Waals surface area contributed by atoms with E-state index in [4.69, 9.17) is 9.47 Å². The Bertz CT molecular complexity index is 1680. The Morgan fingerprint density at radius 1 is 0.911 bits per heavy atom. The highest BCUT2D eigenvalue weighted by Crippen LogP contribution is 2.75.